The Morgan fingerprint density at radius 3 is 2.14 bits per heavy atom. The summed E-state index contributed by atoms with van der Waals surface area (Å²) in [4.78, 5) is 0. The van der Waals surface area contributed by atoms with Crippen LogP contribution in [-0.2, 0) is 12.8 Å². The summed E-state index contributed by atoms with van der Waals surface area (Å²) in [7, 11) is 3.19. The van der Waals surface area contributed by atoms with Crippen molar-refractivity contribution in [2.24, 2.45) is 0 Å². The molecule has 0 saturated carbocycles. The van der Waals surface area contributed by atoms with Crippen LogP contribution in [0.25, 0.3) is 0 Å². The Morgan fingerprint density at radius 1 is 0.857 bits per heavy atom. The quantitative estimate of drug-likeness (QED) is 0.761. The highest BCUT2D eigenvalue weighted by Gasteiger charge is 2.11. The van der Waals surface area contributed by atoms with Crippen LogP contribution in [0.1, 0.15) is 16.7 Å². The van der Waals surface area contributed by atoms with Crippen LogP contribution in [0.4, 0.5) is 0 Å². The molecule has 4 heteroatoms. The summed E-state index contributed by atoms with van der Waals surface area (Å²) in [6.07, 6.45) is 1.76. The monoisotopic (exact) mass is 324 g/mol. The van der Waals surface area contributed by atoms with Gasteiger partial charge in [-0.25, -0.2) is 0 Å². The molecule has 0 bridgehead atoms. The zero-order valence-electron chi connectivity index (χ0n) is 12.4. The first kappa shape index (κ1) is 16.0. The fourth-order valence-corrected chi connectivity index (χ4v) is 2.71. The second kappa shape index (κ2) is 7.06. The van der Waals surface area contributed by atoms with Crippen LogP contribution in [0.15, 0.2) is 30.3 Å². The Bertz CT molecular complexity index is 639. The third-order valence-electron chi connectivity index (χ3n) is 3.43. The summed E-state index contributed by atoms with van der Waals surface area (Å²) in [6, 6.07) is 10.0. The molecule has 0 aliphatic heterocycles. The van der Waals surface area contributed by atoms with Crippen molar-refractivity contribution in [3.05, 3.63) is 57.1 Å². The molecule has 21 heavy (non-hydrogen) atoms. The van der Waals surface area contributed by atoms with E-state index in [9.17, 15) is 0 Å². The first-order valence-electron chi connectivity index (χ1n) is 6.70. The Labute approximate surface area is 135 Å². The lowest BCUT2D eigenvalue weighted by Gasteiger charge is -2.12. The first-order valence-corrected chi connectivity index (χ1v) is 7.46. The van der Waals surface area contributed by atoms with E-state index in [4.69, 9.17) is 32.7 Å². The van der Waals surface area contributed by atoms with Crippen molar-refractivity contribution in [3.63, 3.8) is 0 Å². The molecule has 112 valence electrons. The highest BCUT2D eigenvalue weighted by atomic mass is 35.5. The van der Waals surface area contributed by atoms with Gasteiger partial charge in [-0.2, -0.15) is 0 Å². The van der Waals surface area contributed by atoms with Crippen LogP contribution in [0.3, 0.4) is 0 Å². The summed E-state index contributed by atoms with van der Waals surface area (Å²) in [5, 5.41) is 1.37. The fraction of sp³-hybridized carbons (Fsp3) is 0.294. The minimum atomic E-state index is 0.564. The molecular weight excluding hydrogens is 307 g/mol. The Morgan fingerprint density at radius 2 is 1.52 bits per heavy atom. The van der Waals surface area contributed by atoms with Crippen LogP contribution in [0, 0.1) is 6.92 Å². The lowest BCUT2D eigenvalue weighted by Crippen LogP contribution is -1.96. The minimum absolute atomic E-state index is 0.564. The molecule has 0 radical (unpaired) electrons. The molecular formula is C17H18Cl2O2. The van der Waals surface area contributed by atoms with Crippen molar-refractivity contribution >= 4 is 23.2 Å². The normalized spacial score (nSPS) is 10.5. The van der Waals surface area contributed by atoms with Crippen LogP contribution < -0.4 is 9.47 Å². The zero-order chi connectivity index (χ0) is 15.4. The maximum atomic E-state index is 6.22. The topological polar surface area (TPSA) is 18.5 Å². The van der Waals surface area contributed by atoms with Gasteiger partial charge in [0, 0.05) is 5.02 Å². The standard InChI is InChI=1S/C17H18Cl2O2/c1-11-4-5-12(8-14(11)18)6-7-13-9-15(19)17(21-3)16(10-13)20-2/h4-5,8-10H,6-7H2,1-3H3. The second-order valence-electron chi connectivity index (χ2n) is 4.90. The molecule has 0 aromatic heterocycles. The minimum Gasteiger partial charge on any atom is -0.493 e. The van der Waals surface area contributed by atoms with Gasteiger partial charge < -0.3 is 9.47 Å². The molecule has 0 heterocycles. The van der Waals surface area contributed by atoms with Crippen molar-refractivity contribution < 1.29 is 9.47 Å². The maximum absolute atomic E-state index is 6.22. The average molecular weight is 325 g/mol. The van der Waals surface area contributed by atoms with Gasteiger partial charge in [-0.3, -0.25) is 0 Å². The van der Waals surface area contributed by atoms with Crippen molar-refractivity contribution in [2.75, 3.05) is 14.2 Å². The van der Waals surface area contributed by atoms with Crippen molar-refractivity contribution in [1.82, 2.24) is 0 Å². The number of rotatable bonds is 5. The molecule has 0 amide bonds. The van der Waals surface area contributed by atoms with Gasteiger partial charge in [0.05, 0.1) is 19.2 Å². The highest BCUT2D eigenvalue weighted by Crippen LogP contribution is 2.36. The van der Waals surface area contributed by atoms with Gasteiger partial charge in [0.1, 0.15) is 0 Å². The number of hydrogen-bond acceptors (Lipinski definition) is 2. The van der Waals surface area contributed by atoms with Gasteiger partial charge >= 0.3 is 0 Å². The third kappa shape index (κ3) is 3.84. The summed E-state index contributed by atoms with van der Waals surface area (Å²) >= 11 is 12.4. The highest BCUT2D eigenvalue weighted by molar-refractivity contribution is 6.32. The number of ether oxygens (including phenoxy) is 2. The van der Waals surface area contributed by atoms with E-state index in [1.165, 1.54) is 5.56 Å². The molecule has 0 aliphatic rings. The fourth-order valence-electron chi connectivity index (χ4n) is 2.20. The van der Waals surface area contributed by atoms with Crippen LogP contribution in [-0.4, -0.2) is 14.2 Å². The second-order valence-corrected chi connectivity index (χ2v) is 5.71. The van der Waals surface area contributed by atoms with Crippen molar-refractivity contribution in [1.29, 1.82) is 0 Å². The van der Waals surface area contributed by atoms with E-state index in [0.29, 0.717) is 16.5 Å². The van der Waals surface area contributed by atoms with Crippen LogP contribution in [0.5, 0.6) is 11.5 Å². The molecule has 2 aromatic carbocycles. The van der Waals surface area contributed by atoms with Crippen LogP contribution >= 0.6 is 23.2 Å². The van der Waals surface area contributed by atoms with Gasteiger partial charge in [0.25, 0.3) is 0 Å². The van der Waals surface area contributed by atoms with Crippen molar-refractivity contribution in [3.8, 4) is 11.5 Å². The predicted molar refractivity (Wildman–Crippen MR) is 88.2 cm³/mol. The molecule has 0 atom stereocenters. The smallest absolute Gasteiger partial charge is 0.179 e. The van der Waals surface area contributed by atoms with Gasteiger partial charge in [-0.15, -0.1) is 0 Å². The molecule has 0 N–H and O–H groups in total. The molecule has 2 aromatic rings. The molecule has 0 saturated heterocycles. The number of benzene rings is 2. The van der Waals surface area contributed by atoms with E-state index in [0.717, 1.165) is 29.0 Å². The maximum Gasteiger partial charge on any atom is 0.179 e. The van der Waals surface area contributed by atoms with Gasteiger partial charge in [0.15, 0.2) is 11.5 Å². The lowest BCUT2D eigenvalue weighted by atomic mass is 10.0. The van der Waals surface area contributed by atoms with Crippen LogP contribution in [0.2, 0.25) is 10.0 Å². The van der Waals surface area contributed by atoms with Gasteiger partial charge in [-0.05, 0) is 54.7 Å². The van der Waals surface area contributed by atoms with E-state index in [1.807, 2.05) is 31.2 Å². The average Bonchev–Trinajstić information content (AvgIpc) is 2.47. The third-order valence-corrected chi connectivity index (χ3v) is 4.12. The number of hydrogen-bond donors (Lipinski definition) is 0. The van der Waals surface area contributed by atoms with E-state index in [-0.39, 0.29) is 0 Å². The number of halogens is 2. The molecule has 2 rings (SSSR count). The summed E-state index contributed by atoms with van der Waals surface area (Å²) in [5.41, 5.74) is 3.40. The van der Waals surface area contributed by atoms with Gasteiger partial charge in [0.2, 0.25) is 0 Å². The predicted octanol–water partition coefficient (Wildman–Crippen LogP) is 5.10. The molecule has 0 aliphatic carbocycles. The summed E-state index contributed by atoms with van der Waals surface area (Å²) in [6.45, 7) is 2.00. The summed E-state index contributed by atoms with van der Waals surface area (Å²) in [5.74, 6) is 1.23. The Balaban J connectivity index is 2.16. The van der Waals surface area contributed by atoms with Crippen molar-refractivity contribution in [2.45, 2.75) is 19.8 Å². The Hall–Kier alpha value is -1.38. The molecule has 0 spiro atoms. The lowest BCUT2D eigenvalue weighted by molar-refractivity contribution is 0.354. The van der Waals surface area contributed by atoms with E-state index in [2.05, 4.69) is 6.07 Å². The molecule has 0 fully saturated rings. The van der Waals surface area contributed by atoms with E-state index >= 15 is 0 Å². The molecule has 2 nitrogen and oxygen atoms in total. The Kier molecular flexibility index (Phi) is 5.38. The van der Waals surface area contributed by atoms with Gasteiger partial charge in [-0.1, -0.05) is 35.3 Å². The first-order chi connectivity index (χ1) is 10.0. The van der Waals surface area contributed by atoms with E-state index < -0.39 is 0 Å². The largest absolute Gasteiger partial charge is 0.493 e. The number of aryl methyl sites for hydroxylation is 3. The number of methoxy groups -OCH3 is 2. The van der Waals surface area contributed by atoms with E-state index in [1.54, 1.807) is 14.2 Å². The zero-order valence-corrected chi connectivity index (χ0v) is 13.9. The summed E-state index contributed by atoms with van der Waals surface area (Å²) < 4.78 is 10.6. The SMILES string of the molecule is COc1cc(CCc2ccc(C)c(Cl)c2)cc(Cl)c1OC. The molecule has 0 unspecified atom stereocenters.